The van der Waals surface area contributed by atoms with Crippen molar-refractivity contribution in [2.45, 2.75) is 25.6 Å². The summed E-state index contributed by atoms with van der Waals surface area (Å²) in [4.78, 5) is 7.43. The number of alkyl halides is 3. The van der Waals surface area contributed by atoms with E-state index in [0.717, 1.165) is 0 Å². The third kappa shape index (κ3) is 2.66. The highest BCUT2D eigenvalue weighted by Gasteiger charge is 2.36. The number of hydrogen-bond donors (Lipinski definition) is 1. The van der Waals surface area contributed by atoms with Gasteiger partial charge in [-0.05, 0) is 18.9 Å². The third-order valence-electron chi connectivity index (χ3n) is 1.87. The van der Waals surface area contributed by atoms with E-state index in [-0.39, 0.29) is 6.42 Å². The maximum Gasteiger partial charge on any atom is 0.403 e. The lowest BCUT2D eigenvalue weighted by Gasteiger charge is -2.15. The molecule has 1 unspecified atom stereocenters. The van der Waals surface area contributed by atoms with Crippen molar-refractivity contribution in [2.75, 3.05) is 0 Å². The molecule has 2 N–H and O–H groups in total. The lowest BCUT2D eigenvalue weighted by Crippen LogP contribution is -2.39. The molecule has 1 rings (SSSR count). The van der Waals surface area contributed by atoms with Crippen LogP contribution in [0.2, 0.25) is 0 Å². The lowest BCUT2D eigenvalue weighted by atomic mass is 10.1. The number of nitrogens with two attached hydrogens (primary N) is 1. The Labute approximate surface area is 79.2 Å². The zero-order chi connectivity index (χ0) is 10.8. The van der Waals surface area contributed by atoms with Gasteiger partial charge in [0.05, 0.1) is 0 Å². The molecule has 0 aromatic carbocycles. The first-order chi connectivity index (χ1) is 6.41. The number of rotatable bonds is 2. The summed E-state index contributed by atoms with van der Waals surface area (Å²) in [5.74, 6) is 0. The third-order valence-corrected chi connectivity index (χ3v) is 1.87. The van der Waals surface area contributed by atoms with Crippen LogP contribution in [0.25, 0.3) is 0 Å². The average Bonchev–Trinajstić information content (AvgIpc) is 2.07. The van der Waals surface area contributed by atoms with Gasteiger partial charge in [0.1, 0.15) is 12.4 Å². The predicted molar refractivity (Wildman–Crippen MR) is 44.5 cm³/mol. The maximum absolute atomic E-state index is 12.1. The van der Waals surface area contributed by atoms with Gasteiger partial charge in [0, 0.05) is 11.9 Å². The van der Waals surface area contributed by atoms with Gasteiger partial charge >= 0.3 is 6.18 Å². The molecular formula is C8H10F3N3. The summed E-state index contributed by atoms with van der Waals surface area (Å²) in [5, 5.41) is 0. The van der Waals surface area contributed by atoms with Crippen LogP contribution in [0.3, 0.4) is 0 Å². The van der Waals surface area contributed by atoms with Crippen molar-refractivity contribution in [2.24, 2.45) is 5.73 Å². The van der Waals surface area contributed by atoms with Gasteiger partial charge in [-0.25, -0.2) is 9.97 Å². The monoisotopic (exact) mass is 205 g/mol. The quantitative estimate of drug-likeness (QED) is 0.789. The summed E-state index contributed by atoms with van der Waals surface area (Å²) >= 11 is 0. The summed E-state index contributed by atoms with van der Waals surface area (Å²) in [6, 6.07) is -1.85. The van der Waals surface area contributed by atoms with E-state index in [0.29, 0.717) is 11.3 Å². The van der Waals surface area contributed by atoms with Crippen molar-refractivity contribution in [1.29, 1.82) is 0 Å². The second kappa shape index (κ2) is 3.91. The van der Waals surface area contributed by atoms with Crippen molar-refractivity contribution < 1.29 is 13.2 Å². The molecule has 3 nitrogen and oxygen atoms in total. The molecule has 0 spiro atoms. The average molecular weight is 205 g/mol. The van der Waals surface area contributed by atoms with Crippen LogP contribution >= 0.6 is 0 Å². The smallest absolute Gasteiger partial charge is 0.320 e. The maximum atomic E-state index is 12.1. The van der Waals surface area contributed by atoms with Crippen LogP contribution < -0.4 is 5.73 Å². The first-order valence-electron chi connectivity index (χ1n) is 3.99. The molecular weight excluding hydrogens is 195 g/mol. The number of nitrogens with zero attached hydrogens (tertiary/aromatic N) is 2. The topological polar surface area (TPSA) is 51.8 Å². The van der Waals surface area contributed by atoms with Gasteiger partial charge in [-0.2, -0.15) is 13.2 Å². The number of aromatic nitrogens is 2. The molecule has 0 saturated heterocycles. The summed E-state index contributed by atoms with van der Waals surface area (Å²) in [6.45, 7) is 1.63. The Morgan fingerprint density at radius 3 is 2.64 bits per heavy atom. The van der Waals surface area contributed by atoms with Gasteiger partial charge in [0.15, 0.2) is 0 Å². The molecule has 1 aromatic heterocycles. The molecule has 1 atom stereocenters. The van der Waals surface area contributed by atoms with Crippen molar-refractivity contribution >= 4 is 0 Å². The van der Waals surface area contributed by atoms with Gasteiger partial charge in [-0.3, -0.25) is 0 Å². The molecule has 78 valence electrons. The number of aryl methyl sites for hydroxylation is 1. The van der Waals surface area contributed by atoms with Gasteiger partial charge in [-0.15, -0.1) is 0 Å². The zero-order valence-electron chi connectivity index (χ0n) is 7.54. The van der Waals surface area contributed by atoms with Crippen molar-refractivity contribution in [1.82, 2.24) is 9.97 Å². The predicted octanol–water partition coefficient (Wildman–Crippen LogP) is 1.22. The van der Waals surface area contributed by atoms with Crippen LogP contribution in [0.1, 0.15) is 11.3 Å². The number of hydrogen-bond acceptors (Lipinski definition) is 3. The molecule has 0 aliphatic rings. The highest BCUT2D eigenvalue weighted by Crippen LogP contribution is 2.21. The van der Waals surface area contributed by atoms with Crippen LogP contribution in [0.15, 0.2) is 12.5 Å². The Hall–Kier alpha value is -1.17. The van der Waals surface area contributed by atoms with Gasteiger partial charge in [0.2, 0.25) is 0 Å². The van der Waals surface area contributed by atoms with Crippen molar-refractivity contribution in [3.05, 3.63) is 23.8 Å². The highest BCUT2D eigenvalue weighted by molar-refractivity contribution is 5.15. The van der Waals surface area contributed by atoms with Crippen LogP contribution in [-0.4, -0.2) is 22.2 Å². The summed E-state index contributed by atoms with van der Waals surface area (Å²) < 4.78 is 36.3. The second-order valence-corrected chi connectivity index (χ2v) is 2.99. The van der Waals surface area contributed by atoms with Crippen molar-refractivity contribution in [3.8, 4) is 0 Å². The normalized spacial score (nSPS) is 14.1. The molecule has 0 saturated carbocycles. The van der Waals surface area contributed by atoms with Crippen LogP contribution in [0, 0.1) is 6.92 Å². The molecule has 6 heteroatoms. The SMILES string of the molecule is Cc1ncncc1CC(N)C(F)(F)F. The Kier molecular flexibility index (Phi) is 3.05. The summed E-state index contributed by atoms with van der Waals surface area (Å²) in [6.07, 6.45) is -2.01. The molecule has 0 fully saturated rings. The Morgan fingerprint density at radius 1 is 1.50 bits per heavy atom. The number of halogens is 3. The van der Waals surface area contributed by atoms with E-state index in [9.17, 15) is 13.2 Å². The highest BCUT2D eigenvalue weighted by atomic mass is 19.4. The van der Waals surface area contributed by atoms with E-state index in [1.165, 1.54) is 12.5 Å². The molecule has 0 aliphatic carbocycles. The van der Waals surface area contributed by atoms with Gasteiger partial charge in [-0.1, -0.05) is 0 Å². The fourth-order valence-corrected chi connectivity index (χ4v) is 0.973. The van der Waals surface area contributed by atoms with Crippen molar-refractivity contribution in [3.63, 3.8) is 0 Å². The van der Waals surface area contributed by atoms with Crippen LogP contribution in [-0.2, 0) is 6.42 Å². The van der Waals surface area contributed by atoms with E-state index in [4.69, 9.17) is 5.73 Å². The second-order valence-electron chi connectivity index (χ2n) is 2.99. The Bertz CT molecular complexity index is 311. The summed E-state index contributed by atoms with van der Waals surface area (Å²) in [5.41, 5.74) is 5.93. The fourth-order valence-electron chi connectivity index (χ4n) is 0.973. The minimum atomic E-state index is -4.37. The van der Waals surface area contributed by atoms with E-state index >= 15 is 0 Å². The molecule has 0 bridgehead atoms. The van der Waals surface area contributed by atoms with Crippen LogP contribution in [0.4, 0.5) is 13.2 Å². The molecule has 0 radical (unpaired) electrons. The zero-order valence-corrected chi connectivity index (χ0v) is 7.54. The molecule has 1 aromatic rings. The van der Waals surface area contributed by atoms with Crippen LogP contribution in [0.5, 0.6) is 0 Å². The minimum Gasteiger partial charge on any atom is -0.320 e. The van der Waals surface area contributed by atoms with Gasteiger partial charge in [0.25, 0.3) is 0 Å². The fraction of sp³-hybridized carbons (Fsp3) is 0.500. The first kappa shape index (κ1) is 10.9. The molecule has 14 heavy (non-hydrogen) atoms. The lowest BCUT2D eigenvalue weighted by molar-refractivity contribution is -0.147. The van der Waals surface area contributed by atoms with E-state index < -0.39 is 12.2 Å². The van der Waals surface area contributed by atoms with E-state index in [1.807, 2.05) is 0 Å². The van der Waals surface area contributed by atoms with E-state index in [2.05, 4.69) is 9.97 Å². The largest absolute Gasteiger partial charge is 0.403 e. The minimum absolute atomic E-state index is 0.282. The van der Waals surface area contributed by atoms with E-state index in [1.54, 1.807) is 6.92 Å². The molecule has 0 aliphatic heterocycles. The Balaban J connectivity index is 2.75. The van der Waals surface area contributed by atoms with Gasteiger partial charge < -0.3 is 5.73 Å². The molecule has 1 heterocycles. The summed E-state index contributed by atoms with van der Waals surface area (Å²) in [7, 11) is 0. The first-order valence-corrected chi connectivity index (χ1v) is 3.99. The Morgan fingerprint density at radius 2 is 2.14 bits per heavy atom. The molecule has 0 amide bonds. The standard InChI is InChI=1S/C8H10F3N3/c1-5-6(3-13-4-14-5)2-7(12)8(9,10)11/h3-4,7H,2,12H2,1H3.